The third kappa shape index (κ3) is 2.60. The van der Waals surface area contributed by atoms with E-state index in [4.69, 9.17) is 34.3 Å². The molecule has 2 aromatic heterocycles. The summed E-state index contributed by atoms with van der Waals surface area (Å²) in [5.41, 5.74) is 9.27. The van der Waals surface area contributed by atoms with Crippen LogP contribution < -0.4 is 5.73 Å². The Morgan fingerprint density at radius 2 is 1.79 bits per heavy atom. The maximum Gasteiger partial charge on any atom is 0.122 e. The maximum atomic E-state index is 7.50. The Balaban J connectivity index is 1.71. The topological polar surface area (TPSA) is 107 Å². The first-order valence-corrected chi connectivity index (χ1v) is 7.92. The molecule has 6 nitrogen and oxygen atoms in total. The lowest BCUT2D eigenvalue weighted by atomic mass is 10.2. The van der Waals surface area contributed by atoms with Crippen molar-refractivity contribution in [2.24, 2.45) is 5.73 Å². The van der Waals surface area contributed by atoms with E-state index in [1.807, 2.05) is 6.07 Å². The molecule has 0 amide bonds. The number of benzene rings is 2. The summed E-state index contributed by atoms with van der Waals surface area (Å²) in [4.78, 5) is 15.5. The molecular formula is C16H12Cl2N6. The summed E-state index contributed by atoms with van der Waals surface area (Å²) >= 11 is 12.2. The Labute approximate surface area is 146 Å². The number of hydrogen-bond acceptors (Lipinski definition) is 3. The molecule has 5 N–H and O–H groups in total. The van der Waals surface area contributed by atoms with Gasteiger partial charge in [-0.2, -0.15) is 0 Å². The van der Waals surface area contributed by atoms with Gasteiger partial charge in [0.15, 0.2) is 0 Å². The van der Waals surface area contributed by atoms with Crippen LogP contribution in [0, 0.1) is 5.41 Å². The molecule has 0 aliphatic heterocycles. The third-order valence-corrected chi connectivity index (χ3v) is 4.24. The van der Waals surface area contributed by atoms with E-state index < -0.39 is 0 Å². The summed E-state index contributed by atoms with van der Waals surface area (Å²) in [5, 5.41) is 8.57. The van der Waals surface area contributed by atoms with E-state index >= 15 is 0 Å². The number of aromatic amines is 2. The molecule has 0 atom stereocenters. The predicted molar refractivity (Wildman–Crippen MR) is 96.0 cm³/mol. The van der Waals surface area contributed by atoms with Crippen molar-refractivity contribution in [3.63, 3.8) is 0 Å². The minimum absolute atomic E-state index is 0.0188. The number of nitrogens with one attached hydrogen (secondary N) is 3. The number of halogens is 2. The van der Waals surface area contributed by atoms with Gasteiger partial charge in [-0.15, -0.1) is 0 Å². The lowest BCUT2D eigenvalue weighted by Gasteiger charge is -1.95. The Morgan fingerprint density at radius 1 is 1.04 bits per heavy atom. The highest BCUT2D eigenvalue weighted by Gasteiger charge is 2.11. The average molecular weight is 359 g/mol. The number of aromatic nitrogens is 4. The van der Waals surface area contributed by atoms with E-state index in [9.17, 15) is 0 Å². The molecule has 0 aliphatic rings. The van der Waals surface area contributed by atoms with Gasteiger partial charge in [-0.25, -0.2) is 9.97 Å². The third-order valence-electron chi connectivity index (χ3n) is 3.73. The van der Waals surface area contributed by atoms with Crippen LogP contribution in [-0.4, -0.2) is 25.8 Å². The molecule has 4 aromatic rings. The molecule has 2 aromatic carbocycles. The van der Waals surface area contributed by atoms with Crippen molar-refractivity contribution in [3.05, 3.63) is 57.6 Å². The molecule has 0 saturated carbocycles. The second-order valence-electron chi connectivity index (χ2n) is 5.47. The number of nitrogens with two attached hydrogens (primary N) is 1. The summed E-state index contributed by atoms with van der Waals surface area (Å²) in [6, 6.07) is 8.89. The number of hydrogen-bond donors (Lipinski definition) is 4. The largest absolute Gasteiger partial charge is 0.384 e. The number of H-pyrrole nitrogens is 2. The average Bonchev–Trinajstić information content (AvgIpc) is 3.09. The molecule has 4 rings (SSSR count). The van der Waals surface area contributed by atoms with Crippen molar-refractivity contribution >= 4 is 51.1 Å². The lowest BCUT2D eigenvalue weighted by Crippen LogP contribution is -2.10. The monoisotopic (exact) mass is 358 g/mol. The lowest BCUT2D eigenvalue weighted by molar-refractivity contribution is 0.960. The SMILES string of the molecule is N=C(N)c1ccc2[nH]c(Cc3nc4c(Cl)cc(Cl)cc4[nH]3)nc2c1. The quantitative estimate of drug-likeness (QED) is 0.331. The number of nitrogen functional groups attached to an aromatic ring is 1. The fourth-order valence-corrected chi connectivity index (χ4v) is 3.18. The zero-order chi connectivity index (χ0) is 16.8. The van der Waals surface area contributed by atoms with Gasteiger partial charge < -0.3 is 15.7 Å². The fourth-order valence-electron chi connectivity index (χ4n) is 2.65. The molecular weight excluding hydrogens is 347 g/mol. The first-order chi connectivity index (χ1) is 11.5. The van der Waals surface area contributed by atoms with Crippen LogP contribution in [0.1, 0.15) is 17.2 Å². The molecule has 0 aliphatic carbocycles. The van der Waals surface area contributed by atoms with E-state index in [1.165, 1.54) is 0 Å². The van der Waals surface area contributed by atoms with Gasteiger partial charge in [0.25, 0.3) is 0 Å². The molecule has 24 heavy (non-hydrogen) atoms. The van der Waals surface area contributed by atoms with Crippen LogP contribution in [0.4, 0.5) is 0 Å². The highest BCUT2D eigenvalue weighted by atomic mass is 35.5. The highest BCUT2D eigenvalue weighted by molar-refractivity contribution is 6.38. The van der Waals surface area contributed by atoms with Crippen molar-refractivity contribution < 1.29 is 0 Å². The van der Waals surface area contributed by atoms with E-state index in [2.05, 4.69) is 19.9 Å². The zero-order valence-electron chi connectivity index (χ0n) is 12.3. The van der Waals surface area contributed by atoms with Gasteiger partial charge in [-0.3, -0.25) is 5.41 Å². The summed E-state index contributed by atoms with van der Waals surface area (Å²) in [5.74, 6) is 1.51. The van der Waals surface area contributed by atoms with E-state index in [0.717, 1.165) is 28.2 Å². The van der Waals surface area contributed by atoms with E-state index in [0.29, 0.717) is 27.5 Å². The molecule has 120 valence electrons. The van der Waals surface area contributed by atoms with Gasteiger partial charge in [0.05, 0.1) is 28.0 Å². The number of nitrogens with zero attached hydrogens (tertiary/aromatic N) is 2. The molecule has 0 radical (unpaired) electrons. The molecule has 0 spiro atoms. The minimum atomic E-state index is 0.0188. The standard InChI is InChI=1S/C16H12Cl2N6/c17-8-4-9(18)15-12(5-8)23-14(24-15)6-13-21-10-2-1-7(16(19)20)3-11(10)22-13/h1-5H,6H2,(H3,19,20)(H,21,22)(H,23,24). The predicted octanol–water partition coefficient (Wildman–Crippen LogP) is 3.62. The number of amidine groups is 1. The number of imidazole rings is 2. The summed E-state index contributed by atoms with van der Waals surface area (Å²) in [6.45, 7) is 0. The Morgan fingerprint density at radius 3 is 2.58 bits per heavy atom. The van der Waals surface area contributed by atoms with Crippen LogP contribution in [0.25, 0.3) is 22.1 Å². The first kappa shape index (κ1) is 15.0. The van der Waals surface area contributed by atoms with Crippen molar-refractivity contribution in [2.75, 3.05) is 0 Å². The Bertz CT molecular complexity index is 1090. The van der Waals surface area contributed by atoms with Crippen molar-refractivity contribution in [1.82, 2.24) is 19.9 Å². The van der Waals surface area contributed by atoms with Crippen LogP contribution in [0.2, 0.25) is 10.0 Å². The summed E-state index contributed by atoms with van der Waals surface area (Å²) < 4.78 is 0. The molecule has 0 saturated heterocycles. The second-order valence-corrected chi connectivity index (χ2v) is 6.32. The molecule has 0 unspecified atom stereocenters. The molecule has 0 bridgehead atoms. The van der Waals surface area contributed by atoms with Crippen LogP contribution in [0.5, 0.6) is 0 Å². The van der Waals surface area contributed by atoms with Crippen molar-refractivity contribution in [1.29, 1.82) is 5.41 Å². The fraction of sp³-hybridized carbons (Fsp3) is 0.0625. The van der Waals surface area contributed by atoms with Crippen molar-refractivity contribution in [2.45, 2.75) is 6.42 Å². The number of fused-ring (bicyclic) bond motifs is 2. The Hall–Kier alpha value is -2.57. The zero-order valence-corrected chi connectivity index (χ0v) is 13.8. The minimum Gasteiger partial charge on any atom is -0.384 e. The van der Waals surface area contributed by atoms with Crippen LogP contribution in [0.3, 0.4) is 0 Å². The van der Waals surface area contributed by atoms with Crippen LogP contribution in [0.15, 0.2) is 30.3 Å². The first-order valence-electron chi connectivity index (χ1n) is 7.16. The highest BCUT2D eigenvalue weighted by Crippen LogP contribution is 2.26. The van der Waals surface area contributed by atoms with E-state index in [-0.39, 0.29) is 5.84 Å². The van der Waals surface area contributed by atoms with Crippen molar-refractivity contribution in [3.8, 4) is 0 Å². The Kier molecular flexibility index (Phi) is 3.44. The van der Waals surface area contributed by atoms with E-state index in [1.54, 1.807) is 24.3 Å². The maximum absolute atomic E-state index is 7.50. The van der Waals surface area contributed by atoms with Gasteiger partial charge in [0, 0.05) is 10.6 Å². The van der Waals surface area contributed by atoms with Gasteiger partial charge in [-0.1, -0.05) is 23.2 Å². The molecule has 0 fully saturated rings. The van der Waals surface area contributed by atoms with Gasteiger partial charge in [-0.05, 0) is 30.3 Å². The number of rotatable bonds is 3. The van der Waals surface area contributed by atoms with Gasteiger partial charge >= 0.3 is 0 Å². The normalized spacial score (nSPS) is 11.4. The smallest absolute Gasteiger partial charge is 0.122 e. The second kappa shape index (κ2) is 5.51. The molecule has 2 heterocycles. The summed E-state index contributed by atoms with van der Waals surface area (Å²) in [7, 11) is 0. The van der Waals surface area contributed by atoms with Gasteiger partial charge in [0.1, 0.15) is 23.0 Å². The van der Waals surface area contributed by atoms with Gasteiger partial charge in [0.2, 0.25) is 0 Å². The summed E-state index contributed by atoms with van der Waals surface area (Å²) in [6.07, 6.45) is 0.493. The molecule has 8 heteroatoms. The van der Waals surface area contributed by atoms with Crippen LogP contribution in [-0.2, 0) is 6.42 Å². The van der Waals surface area contributed by atoms with Crippen LogP contribution >= 0.6 is 23.2 Å².